The molecule has 0 fully saturated rings. The van der Waals surface area contributed by atoms with E-state index in [9.17, 15) is 27.6 Å². The van der Waals surface area contributed by atoms with Gasteiger partial charge in [0.25, 0.3) is 11.5 Å². The highest BCUT2D eigenvalue weighted by atomic mass is 19.4. The molecule has 1 amide bonds. The normalized spacial score (nSPS) is 11.4. The van der Waals surface area contributed by atoms with Crippen molar-refractivity contribution in [3.8, 4) is 0 Å². The molecule has 36 heavy (non-hydrogen) atoms. The molecular formula is C24H20F3N5O4. The molecule has 0 saturated carbocycles. The minimum Gasteiger partial charge on any atom is -0.465 e. The highest BCUT2D eigenvalue weighted by Gasteiger charge is 2.30. The van der Waals surface area contributed by atoms with Crippen LogP contribution >= 0.6 is 0 Å². The number of halogens is 3. The average molecular weight is 499 g/mol. The molecule has 0 aliphatic carbocycles. The van der Waals surface area contributed by atoms with Crippen LogP contribution in [0.25, 0.3) is 11.0 Å². The van der Waals surface area contributed by atoms with E-state index >= 15 is 0 Å². The predicted molar refractivity (Wildman–Crippen MR) is 122 cm³/mol. The Labute approximate surface area is 202 Å². The molecule has 9 nitrogen and oxygen atoms in total. The molecule has 0 aliphatic rings. The highest BCUT2D eigenvalue weighted by Crippen LogP contribution is 2.29. The lowest BCUT2D eigenvalue weighted by molar-refractivity contribution is -0.137. The van der Waals surface area contributed by atoms with Gasteiger partial charge in [-0.1, -0.05) is 12.1 Å². The van der Waals surface area contributed by atoms with Crippen molar-refractivity contribution in [3.05, 3.63) is 93.7 Å². The number of nitrogens with zero attached hydrogens (tertiary/aromatic N) is 4. The Morgan fingerprint density at radius 1 is 1.08 bits per heavy atom. The van der Waals surface area contributed by atoms with Crippen molar-refractivity contribution in [1.82, 2.24) is 24.6 Å². The standard InChI is InChI=1S/C24H20F3N5O4/c1-36-23(35)17-7-5-16(6-8-17)21(33)28-9-10-32-20-19(12-30-32)22(34)31(14-29-20)13-15-3-2-4-18(11-15)24(25,26)27/h2-8,11-12,14H,9-10,13H2,1H3,(H,28,33). The smallest absolute Gasteiger partial charge is 0.416 e. The maximum Gasteiger partial charge on any atom is 0.416 e. The van der Waals surface area contributed by atoms with Gasteiger partial charge in [-0.15, -0.1) is 0 Å². The number of nitrogens with one attached hydrogen (secondary N) is 1. The first kappa shape index (κ1) is 24.6. The zero-order valence-corrected chi connectivity index (χ0v) is 19.0. The maximum absolute atomic E-state index is 13.0. The van der Waals surface area contributed by atoms with Gasteiger partial charge in [-0.2, -0.15) is 18.3 Å². The van der Waals surface area contributed by atoms with Crippen molar-refractivity contribution in [2.45, 2.75) is 19.3 Å². The van der Waals surface area contributed by atoms with Crippen molar-refractivity contribution < 1.29 is 27.5 Å². The Balaban J connectivity index is 1.42. The summed E-state index contributed by atoms with van der Waals surface area (Å²) in [5.74, 6) is -0.867. The van der Waals surface area contributed by atoms with Gasteiger partial charge in [0.1, 0.15) is 11.7 Å². The summed E-state index contributed by atoms with van der Waals surface area (Å²) < 4.78 is 46.2. The number of amides is 1. The fourth-order valence-electron chi connectivity index (χ4n) is 3.57. The van der Waals surface area contributed by atoms with Crippen molar-refractivity contribution in [3.63, 3.8) is 0 Å². The number of fused-ring (bicyclic) bond motifs is 1. The van der Waals surface area contributed by atoms with E-state index in [1.165, 1.54) is 65.3 Å². The zero-order valence-electron chi connectivity index (χ0n) is 19.0. The second-order valence-electron chi connectivity index (χ2n) is 7.81. The number of methoxy groups -OCH3 is 1. The molecule has 186 valence electrons. The zero-order chi connectivity index (χ0) is 25.9. The summed E-state index contributed by atoms with van der Waals surface area (Å²) >= 11 is 0. The minimum atomic E-state index is -4.48. The van der Waals surface area contributed by atoms with Crippen LogP contribution in [0.3, 0.4) is 0 Å². The summed E-state index contributed by atoms with van der Waals surface area (Å²) in [4.78, 5) is 40.9. The Kier molecular flexibility index (Phi) is 6.86. The summed E-state index contributed by atoms with van der Waals surface area (Å²) in [6, 6.07) is 10.7. The quantitative estimate of drug-likeness (QED) is 0.392. The fourth-order valence-corrected chi connectivity index (χ4v) is 3.57. The molecule has 1 N–H and O–H groups in total. The number of rotatable bonds is 7. The molecule has 12 heteroatoms. The molecule has 0 spiro atoms. The monoisotopic (exact) mass is 499 g/mol. The SMILES string of the molecule is COC(=O)c1ccc(C(=O)NCCn2ncc3c(=O)n(Cc4cccc(C(F)(F)F)c4)cnc32)cc1. The number of alkyl halides is 3. The van der Waals surface area contributed by atoms with Gasteiger partial charge in [-0.3, -0.25) is 14.2 Å². The predicted octanol–water partition coefficient (Wildman–Crippen LogP) is 2.88. The van der Waals surface area contributed by atoms with E-state index in [0.29, 0.717) is 16.7 Å². The van der Waals surface area contributed by atoms with Crippen molar-refractivity contribution in [2.24, 2.45) is 0 Å². The number of benzene rings is 2. The summed E-state index contributed by atoms with van der Waals surface area (Å²) in [5.41, 5.74) is 0.0277. The number of aromatic nitrogens is 4. The molecule has 0 atom stereocenters. The number of esters is 1. The minimum absolute atomic E-state index is 0.0816. The molecule has 0 saturated heterocycles. The van der Waals surface area contributed by atoms with E-state index in [-0.39, 0.29) is 36.6 Å². The Morgan fingerprint density at radius 2 is 1.81 bits per heavy atom. The Bertz CT molecular complexity index is 1480. The van der Waals surface area contributed by atoms with Gasteiger partial charge in [0.15, 0.2) is 5.65 Å². The second kappa shape index (κ2) is 10.0. The molecule has 2 aromatic carbocycles. The van der Waals surface area contributed by atoms with E-state index in [1.807, 2.05) is 0 Å². The van der Waals surface area contributed by atoms with Crippen LogP contribution in [0, 0.1) is 0 Å². The Morgan fingerprint density at radius 3 is 2.50 bits per heavy atom. The maximum atomic E-state index is 13.0. The van der Waals surface area contributed by atoms with Crippen molar-refractivity contribution >= 4 is 22.9 Å². The van der Waals surface area contributed by atoms with E-state index < -0.39 is 23.3 Å². The molecule has 4 rings (SSSR count). The van der Waals surface area contributed by atoms with E-state index in [1.54, 1.807) is 0 Å². The number of carbonyl (C=O) groups excluding carboxylic acids is 2. The summed E-state index contributed by atoms with van der Waals surface area (Å²) in [7, 11) is 1.27. The van der Waals surface area contributed by atoms with Crippen LogP contribution in [-0.4, -0.2) is 44.9 Å². The van der Waals surface area contributed by atoms with E-state index in [4.69, 9.17) is 0 Å². The van der Waals surface area contributed by atoms with Gasteiger partial charge in [0.05, 0.1) is 37.5 Å². The van der Waals surface area contributed by atoms with Crippen LogP contribution in [0.15, 0.2) is 65.8 Å². The number of ether oxygens (including phenoxy) is 1. The van der Waals surface area contributed by atoms with Crippen molar-refractivity contribution in [1.29, 1.82) is 0 Å². The molecule has 0 aliphatic heterocycles. The van der Waals surface area contributed by atoms with Crippen LogP contribution < -0.4 is 10.9 Å². The first-order valence-corrected chi connectivity index (χ1v) is 10.7. The van der Waals surface area contributed by atoms with Crippen molar-refractivity contribution in [2.75, 3.05) is 13.7 Å². The van der Waals surface area contributed by atoms with Gasteiger partial charge in [0, 0.05) is 12.1 Å². The van der Waals surface area contributed by atoms with Gasteiger partial charge in [0.2, 0.25) is 0 Å². The van der Waals surface area contributed by atoms with Crippen LogP contribution in [0.1, 0.15) is 31.8 Å². The topological polar surface area (TPSA) is 108 Å². The van der Waals surface area contributed by atoms with Crippen LogP contribution in [0.4, 0.5) is 13.2 Å². The highest BCUT2D eigenvalue weighted by molar-refractivity contribution is 5.96. The number of hydrogen-bond donors (Lipinski definition) is 1. The summed E-state index contributed by atoms with van der Waals surface area (Å²) in [6.45, 7) is 0.324. The third-order valence-electron chi connectivity index (χ3n) is 5.41. The third-order valence-corrected chi connectivity index (χ3v) is 5.41. The first-order valence-electron chi connectivity index (χ1n) is 10.7. The lowest BCUT2D eigenvalue weighted by atomic mass is 10.1. The van der Waals surface area contributed by atoms with Crippen LogP contribution in [0.2, 0.25) is 0 Å². The largest absolute Gasteiger partial charge is 0.465 e. The molecule has 0 unspecified atom stereocenters. The molecule has 0 bridgehead atoms. The molecule has 4 aromatic rings. The van der Waals surface area contributed by atoms with Crippen LogP contribution in [-0.2, 0) is 24.0 Å². The summed E-state index contributed by atoms with van der Waals surface area (Å²) in [6.07, 6.45) is -1.89. The summed E-state index contributed by atoms with van der Waals surface area (Å²) in [5, 5.41) is 7.07. The van der Waals surface area contributed by atoms with E-state index in [0.717, 1.165) is 12.1 Å². The molecule has 0 radical (unpaired) electrons. The number of hydrogen-bond acceptors (Lipinski definition) is 6. The van der Waals surface area contributed by atoms with Gasteiger partial charge in [-0.25, -0.2) is 14.5 Å². The fraction of sp³-hybridized carbons (Fsp3) is 0.208. The van der Waals surface area contributed by atoms with Gasteiger partial charge >= 0.3 is 12.1 Å². The number of carbonyl (C=O) groups is 2. The molecule has 2 aromatic heterocycles. The van der Waals surface area contributed by atoms with E-state index in [2.05, 4.69) is 20.1 Å². The average Bonchev–Trinajstić information content (AvgIpc) is 3.28. The molecule has 2 heterocycles. The third kappa shape index (κ3) is 5.27. The van der Waals surface area contributed by atoms with Gasteiger partial charge in [-0.05, 0) is 42.0 Å². The lowest BCUT2D eigenvalue weighted by Gasteiger charge is -2.10. The second-order valence-corrected chi connectivity index (χ2v) is 7.81. The Hall–Kier alpha value is -4.48. The lowest BCUT2D eigenvalue weighted by Crippen LogP contribution is -2.28. The van der Waals surface area contributed by atoms with Crippen LogP contribution in [0.5, 0.6) is 0 Å². The molecular weight excluding hydrogens is 479 g/mol. The first-order chi connectivity index (χ1) is 17.2. The van der Waals surface area contributed by atoms with Gasteiger partial charge < -0.3 is 10.1 Å².